The average Bonchev–Trinajstić information content (AvgIpc) is 2.36. The lowest BCUT2D eigenvalue weighted by Crippen LogP contribution is -2.35. The first-order valence-corrected chi connectivity index (χ1v) is 5.87. The third kappa shape index (κ3) is 3.30. The topological polar surface area (TPSA) is 29.5 Å². The highest BCUT2D eigenvalue weighted by Gasteiger charge is 2.17. The van der Waals surface area contributed by atoms with Crippen LogP contribution in [0, 0.1) is 0 Å². The number of rotatable bonds is 4. The van der Waals surface area contributed by atoms with E-state index in [1.807, 2.05) is 12.1 Å². The Balaban J connectivity index is 2.83. The van der Waals surface area contributed by atoms with Crippen molar-refractivity contribution in [2.75, 3.05) is 19.1 Å². The normalized spacial score (nSPS) is 12.6. The van der Waals surface area contributed by atoms with Crippen LogP contribution in [0.25, 0.3) is 0 Å². The fourth-order valence-corrected chi connectivity index (χ4v) is 1.58. The number of carbonyl (C=O) groups excluding carboxylic acids is 1. The van der Waals surface area contributed by atoms with Gasteiger partial charge in [-0.25, -0.2) is 0 Å². The number of ether oxygens (including phenoxy) is 1. The Hall–Kier alpha value is -1.35. The molecule has 3 heteroatoms. The second-order valence-corrected chi connectivity index (χ2v) is 4.52. The molecule has 0 saturated heterocycles. The molecule has 0 radical (unpaired) electrons. The molecular formula is C14H21NO2. The van der Waals surface area contributed by atoms with Crippen LogP contribution < -0.4 is 4.90 Å². The van der Waals surface area contributed by atoms with E-state index in [1.165, 1.54) is 12.7 Å². The molecule has 0 spiro atoms. The maximum atomic E-state index is 11.9. The quantitative estimate of drug-likeness (QED) is 0.803. The van der Waals surface area contributed by atoms with Crippen molar-refractivity contribution in [2.24, 2.45) is 0 Å². The minimum absolute atomic E-state index is 0.0372. The number of carbonyl (C=O) groups is 1. The van der Waals surface area contributed by atoms with Crippen LogP contribution in [0.15, 0.2) is 24.3 Å². The molecule has 0 aromatic heterocycles. The molecular weight excluding hydrogens is 214 g/mol. The molecule has 0 heterocycles. The molecule has 0 N–H and O–H groups in total. The van der Waals surface area contributed by atoms with E-state index in [-0.39, 0.29) is 5.91 Å². The van der Waals surface area contributed by atoms with Gasteiger partial charge in [0.05, 0.1) is 0 Å². The maximum absolute atomic E-state index is 11.9. The van der Waals surface area contributed by atoms with Gasteiger partial charge in [0.1, 0.15) is 6.10 Å². The van der Waals surface area contributed by atoms with Crippen molar-refractivity contribution < 1.29 is 9.53 Å². The SMILES string of the molecule is COC(C)C(=O)N(C)c1ccc(C(C)C)cc1. The van der Waals surface area contributed by atoms with Gasteiger partial charge in [-0.2, -0.15) is 0 Å². The Bertz CT molecular complexity index is 370. The van der Waals surface area contributed by atoms with Gasteiger partial charge >= 0.3 is 0 Å². The second-order valence-electron chi connectivity index (χ2n) is 4.52. The van der Waals surface area contributed by atoms with E-state index in [2.05, 4.69) is 26.0 Å². The molecule has 1 aromatic rings. The van der Waals surface area contributed by atoms with Gasteiger partial charge in [0.2, 0.25) is 0 Å². The number of likely N-dealkylation sites (N-methyl/N-ethyl adjacent to an activating group) is 1. The smallest absolute Gasteiger partial charge is 0.255 e. The highest BCUT2D eigenvalue weighted by Crippen LogP contribution is 2.19. The lowest BCUT2D eigenvalue weighted by molar-refractivity contribution is -0.127. The molecule has 17 heavy (non-hydrogen) atoms. The zero-order valence-corrected chi connectivity index (χ0v) is 11.2. The van der Waals surface area contributed by atoms with Crippen LogP contribution in [0.2, 0.25) is 0 Å². The number of methoxy groups -OCH3 is 1. The summed E-state index contributed by atoms with van der Waals surface area (Å²) in [5, 5.41) is 0. The van der Waals surface area contributed by atoms with E-state index in [1.54, 1.807) is 18.9 Å². The lowest BCUT2D eigenvalue weighted by atomic mass is 10.0. The standard InChI is InChI=1S/C14H21NO2/c1-10(2)12-6-8-13(9-7-12)15(4)14(16)11(3)17-5/h6-11H,1-5H3. The Morgan fingerprint density at radius 1 is 1.18 bits per heavy atom. The summed E-state index contributed by atoms with van der Waals surface area (Å²) in [6.07, 6.45) is -0.412. The van der Waals surface area contributed by atoms with Gasteiger partial charge in [-0.05, 0) is 30.5 Å². The fraction of sp³-hybridized carbons (Fsp3) is 0.500. The lowest BCUT2D eigenvalue weighted by Gasteiger charge is -2.21. The Morgan fingerprint density at radius 3 is 2.12 bits per heavy atom. The van der Waals surface area contributed by atoms with Crippen LogP contribution in [-0.4, -0.2) is 26.2 Å². The molecule has 1 unspecified atom stereocenters. The van der Waals surface area contributed by atoms with Gasteiger partial charge in [0, 0.05) is 19.8 Å². The molecule has 0 saturated carbocycles. The van der Waals surface area contributed by atoms with Gasteiger partial charge in [-0.1, -0.05) is 26.0 Å². The minimum Gasteiger partial charge on any atom is -0.372 e. The molecule has 3 nitrogen and oxygen atoms in total. The van der Waals surface area contributed by atoms with E-state index in [4.69, 9.17) is 4.74 Å². The Morgan fingerprint density at radius 2 is 1.71 bits per heavy atom. The minimum atomic E-state index is -0.412. The number of hydrogen-bond acceptors (Lipinski definition) is 2. The molecule has 1 atom stereocenters. The number of hydrogen-bond donors (Lipinski definition) is 0. The second kappa shape index (κ2) is 5.82. The highest BCUT2D eigenvalue weighted by molar-refractivity contribution is 5.95. The molecule has 94 valence electrons. The predicted octanol–water partition coefficient (Wildman–Crippen LogP) is 2.81. The van der Waals surface area contributed by atoms with Crippen LogP contribution in [0.1, 0.15) is 32.3 Å². The van der Waals surface area contributed by atoms with E-state index in [9.17, 15) is 4.79 Å². The van der Waals surface area contributed by atoms with Gasteiger partial charge in [0.15, 0.2) is 0 Å². The van der Waals surface area contributed by atoms with Crippen molar-refractivity contribution >= 4 is 11.6 Å². The number of amides is 1. The van der Waals surface area contributed by atoms with Crippen LogP contribution in [-0.2, 0) is 9.53 Å². The number of nitrogens with zero attached hydrogens (tertiary/aromatic N) is 1. The summed E-state index contributed by atoms with van der Waals surface area (Å²) in [5.74, 6) is 0.466. The zero-order chi connectivity index (χ0) is 13.0. The summed E-state index contributed by atoms with van der Waals surface area (Å²) in [6, 6.07) is 8.05. The van der Waals surface area contributed by atoms with Gasteiger partial charge in [-0.15, -0.1) is 0 Å². The molecule has 0 fully saturated rings. The Kier molecular flexibility index (Phi) is 4.70. The monoisotopic (exact) mass is 235 g/mol. The van der Waals surface area contributed by atoms with Crippen LogP contribution in [0.5, 0.6) is 0 Å². The average molecular weight is 235 g/mol. The Labute approximate surface area is 103 Å². The molecule has 1 aromatic carbocycles. The zero-order valence-electron chi connectivity index (χ0n) is 11.2. The molecule has 0 aliphatic rings. The molecule has 0 aliphatic carbocycles. The van der Waals surface area contributed by atoms with Crippen LogP contribution >= 0.6 is 0 Å². The third-order valence-electron chi connectivity index (χ3n) is 2.98. The highest BCUT2D eigenvalue weighted by atomic mass is 16.5. The van der Waals surface area contributed by atoms with E-state index in [0.29, 0.717) is 5.92 Å². The van der Waals surface area contributed by atoms with Gasteiger partial charge in [-0.3, -0.25) is 4.79 Å². The summed E-state index contributed by atoms with van der Waals surface area (Å²) < 4.78 is 5.03. The summed E-state index contributed by atoms with van der Waals surface area (Å²) in [5.41, 5.74) is 2.16. The first-order valence-electron chi connectivity index (χ1n) is 5.87. The summed E-state index contributed by atoms with van der Waals surface area (Å²) >= 11 is 0. The predicted molar refractivity (Wildman–Crippen MR) is 70.4 cm³/mol. The number of benzene rings is 1. The first kappa shape index (κ1) is 13.7. The van der Waals surface area contributed by atoms with Crippen LogP contribution in [0.4, 0.5) is 5.69 Å². The van der Waals surface area contributed by atoms with Crippen molar-refractivity contribution in [3.05, 3.63) is 29.8 Å². The van der Waals surface area contributed by atoms with E-state index in [0.717, 1.165) is 5.69 Å². The number of anilines is 1. The summed E-state index contributed by atoms with van der Waals surface area (Å²) in [7, 11) is 3.31. The van der Waals surface area contributed by atoms with Crippen molar-refractivity contribution in [1.82, 2.24) is 0 Å². The fourth-order valence-electron chi connectivity index (χ4n) is 1.58. The molecule has 1 rings (SSSR count). The van der Waals surface area contributed by atoms with Crippen molar-refractivity contribution in [3.8, 4) is 0 Å². The largest absolute Gasteiger partial charge is 0.372 e. The van der Waals surface area contributed by atoms with Crippen molar-refractivity contribution in [3.63, 3.8) is 0 Å². The summed E-state index contributed by atoms with van der Waals surface area (Å²) in [6.45, 7) is 6.05. The first-order chi connectivity index (χ1) is 7.97. The van der Waals surface area contributed by atoms with E-state index < -0.39 is 6.10 Å². The van der Waals surface area contributed by atoms with Gasteiger partial charge < -0.3 is 9.64 Å². The molecule has 1 amide bonds. The van der Waals surface area contributed by atoms with Crippen LogP contribution in [0.3, 0.4) is 0 Å². The third-order valence-corrected chi connectivity index (χ3v) is 2.98. The molecule has 0 aliphatic heterocycles. The summed E-state index contributed by atoms with van der Waals surface area (Å²) in [4.78, 5) is 13.5. The molecule has 0 bridgehead atoms. The van der Waals surface area contributed by atoms with Gasteiger partial charge in [0.25, 0.3) is 5.91 Å². The van der Waals surface area contributed by atoms with Crippen molar-refractivity contribution in [1.29, 1.82) is 0 Å². The van der Waals surface area contributed by atoms with E-state index >= 15 is 0 Å². The maximum Gasteiger partial charge on any atom is 0.255 e. The van der Waals surface area contributed by atoms with Crippen molar-refractivity contribution in [2.45, 2.75) is 32.8 Å².